The maximum absolute atomic E-state index is 10.3. The van der Waals surface area contributed by atoms with Crippen LogP contribution < -0.4 is 4.72 Å². The van der Waals surface area contributed by atoms with Crippen molar-refractivity contribution in [2.24, 2.45) is 0 Å². The summed E-state index contributed by atoms with van der Waals surface area (Å²) >= 11 is -2.23. The summed E-state index contributed by atoms with van der Waals surface area (Å²) in [6.45, 7) is 0. The summed E-state index contributed by atoms with van der Waals surface area (Å²) in [7, 11) is 0. The zero-order valence-corrected chi connectivity index (χ0v) is 7.21. The molecule has 1 rings (SSSR count). The molecule has 0 saturated carbocycles. The molecule has 1 atom stereocenters. The van der Waals surface area contributed by atoms with Gasteiger partial charge >= 0.3 is 0 Å². The van der Waals surface area contributed by atoms with Crippen LogP contribution in [0.15, 0.2) is 18.2 Å². The Balaban J connectivity index is 3.00. The van der Waals surface area contributed by atoms with Crippen LogP contribution >= 0.6 is 0 Å². The molecule has 0 saturated heterocycles. The van der Waals surface area contributed by atoms with E-state index >= 15 is 0 Å². The van der Waals surface area contributed by atoms with Crippen molar-refractivity contribution < 1.29 is 13.9 Å². The average Bonchev–Trinajstić information content (AvgIpc) is 2.08. The van der Waals surface area contributed by atoms with Gasteiger partial charge in [0.1, 0.15) is 5.75 Å². The highest BCUT2D eigenvalue weighted by Gasteiger charge is 2.03. The summed E-state index contributed by atoms with van der Waals surface area (Å²) in [5, 5.41) is 17.7. The molecule has 5 nitrogen and oxygen atoms in total. The van der Waals surface area contributed by atoms with E-state index < -0.39 is 11.3 Å². The quantitative estimate of drug-likeness (QED) is 0.484. The second-order valence-corrected chi connectivity index (χ2v) is 2.90. The zero-order chi connectivity index (χ0) is 9.84. The lowest BCUT2D eigenvalue weighted by Crippen LogP contribution is -2.01. The lowest BCUT2D eigenvalue weighted by molar-refractivity contribution is 0.477. The number of aromatic hydroxyl groups is 1. The van der Waals surface area contributed by atoms with Crippen LogP contribution in [0, 0.1) is 11.3 Å². The van der Waals surface area contributed by atoms with Gasteiger partial charge in [0.2, 0.25) is 0 Å². The van der Waals surface area contributed by atoms with Crippen LogP contribution in [0.4, 0.5) is 5.69 Å². The molecular formula is C7H6N2O3S. The van der Waals surface area contributed by atoms with Gasteiger partial charge in [0, 0.05) is 0 Å². The summed E-state index contributed by atoms with van der Waals surface area (Å²) in [4.78, 5) is 0. The van der Waals surface area contributed by atoms with Crippen molar-refractivity contribution in [1.29, 1.82) is 5.26 Å². The van der Waals surface area contributed by atoms with Gasteiger partial charge in [-0.3, -0.25) is 9.27 Å². The van der Waals surface area contributed by atoms with Crippen molar-refractivity contribution in [3.05, 3.63) is 23.8 Å². The maximum Gasteiger partial charge on any atom is 0.259 e. The van der Waals surface area contributed by atoms with Crippen molar-refractivity contribution in [3.8, 4) is 11.8 Å². The van der Waals surface area contributed by atoms with E-state index in [1.807, 2.05) is 6.07 Å². The molecule has 13 heavy (non-hydrogen) atoms. The van der Waals surface area contributed by atoms with E-state index in [0.29, 0.717) is 0 Å². The third-order valence-corrected chi connectivity index (χ3v) is 1.72. The minimum atomic E-state index is -2.23. The number of hydrogen-bond donors (Lipinski definition) is 3. The van der Waals surface area contributed by atoms with Crippen molar-refractivity contribution in [3.63, 3.8) is 0 Å². The third kappa shape index (κ3) is 2.43. The van der Waals surface area contributed by atoms with Gasteiger partial charge in [-0.15, -0.1) is 0 Å². The molecule has 0 aliphatic carbocycles. The summed E-state index contributed by atoms with van der Waals surface area (Å²) < 4.78 is 20.8. The van der Waals surface area contributed by atoms with Crippen molar-refractivity contribution in [2.45, 2.75) is 0 Å². The Labute approximate surface area is 77.0 Å². The number of anilines is 1. The standard InChI is InChI=1S/C7H6N2O3S/c8-4-5-1-2-6(7(10)3-5)9-13(11)12/h1-3,9-10H,(H,11,12). The second kappa shape index (κ2) is 3.89. The Hall–Kier alpha value is -1.58. The lowest BCUT2D eigenvalue weighted by atomic mass is 10.2. The summed E-state index contributed by atoms with van der Waals surface area (Å²) in [5.41, 5.74) is 0.395. The highest BCUT2D eigenvalue weighted by atomic mass is 32.2. The number of nitriles is 1. The highest BCUT2D eigenvalue weighted by Crippen LogP contribution is 2.23. The molecule has 0 radical (unpaired) electrons. The van der Waals surface area contributed by atoms with Crippen LogP contribution in [0.5, 0.6) is 5.75 Å². The van der Waals surface area contributed by atoms with Crippen LogP contribution in [0.25, 0.3) is 0 Å². The van der Waals surface area contributed by atoms with Gasteiger partial charge in [0.05, 0.1) is 17.3 Å². The SMILES string of the molecule is N#Cc1ccc(NS(=O)O)c(O)c1. The molecule has 0 heterocycles. The van der Waals surface area contributed by atoms with Gasteiger partial charge in [-0.2, -0.15) is 5.26 Å². The maximum atomic E-state index is 10.3. The number of nitrogens with one attached hydrogen (secondary N) is 1. The monoisotopic (exact) mass is 198 g/mol. The minimum absolute atomic E-state index is 0.111. The average molecular weight is 198 g/mol. The van der Waals surface area contributed by atoms with E-state index in [0.717, 1.165) is 0 Å². The Morgan fingerprint density at radius 2 is 2.23 bits per heavy atom. The molecule has 0 spiro atoms. The molecule has 0 fully saturated rings. The summed E-state index contributed by atoms with van der Waals surface area (Å²) in [6.07, 6.45) is 0. The Morgan fingerprint density at radius 1 is 1.54 bits per heavy atom. The molecule has 1 aromatic rings. The van der Waals surface area contributed by atoms with Gasteiger partial charge in [0.15, 0.2) is 0 Å². The first-order valence-electron chi connectivity index (χ1n) is 3.24. The van der Waals surface area contributed by atoms with E-state index in [1.165, 1.54) is 18.2 Å². The minimum Gasteiger partial charge on any atom is -0.506 e. The van der Waals surface area contributed by atoms with Gasteiger partial charge < -0.3 is 5.11 Å². The normalized spacial score (nSPS) is 11.7. The predicted molar refractivity (Wildman–Crippen MR) is 47.2 cm³/mol. The number of hydrogen-bond acceptors (Lipinski definition) is 3. The number of rotatable bonds is 2. The van der Waals surface area contributed by atoms with Crippen LogP contribution in [0.2, 0.25) is 0 Å². The van der Waals surface area contributed by atoms with Crippen LogP contribution in [0.3, 0.4) is 0 Å². The number of phenolic OH excluding ortho intramolecular Hbond substituents is 1. The lowest BCUT2D eigenvalue weighted by Gasteiger charge is -2.03. The number of nitrogens with zero attached hydrogens (tertiary/aromatic N) is 1. The van der Waals surface area contributed by atoms with Crippen molar-refractivity contribution in [2.75, 3.05) is 4.72 Å². The topological polar surface area (TPSA) is 93.4 Å². The molecular weight excluding hydrogens is 192 g/mol. The fourth-order valence-corrected chi connectivity index (χ4v) is 1.14. The molecule has 68 valence electrons. The summed E-state index contributed by atoms with van der Waals surface area (Å²) in [6, 6.07) is 5.80. The first-order chi connectivity index (χ1) is 6.13. The van der Waals surface area contributed by atoms with E-state index in [4.69, 9.17) is 9.81 Å². The third-order valence-electron chi connectivity index (χ3n) is 1.32. The van der Waals surface area contributed by atoms with E-state index in [9.17, 15) is 9.32 Å². The summed E-state index contributed by atoms with van der Waals surface area (Å²) in [5.74, 6) is -0.235. The first kappa shape index (κ1) is 9.51. The van der Waals surface area contributed by atoms with Crippen molar-refractivity contribution >= 4 is 17.0 Å². The van der Waals surface area contributed by atoms with E-state index in [-0.39, 0.29) is 17.0 Å². The Bertz CT molecular complexity index is 386. The van der Waals surface area contributed by atoms with Crippen LogP contribution in [-0.4, -0.2) is 13.9 Å². The highest BCUT2D eigenvalue weighted by molar-refractivity contribution is 7.80. The number of phenols is 1. The first-order valence-corrected chi connectivity index (χ1v) is 4.35. The molecule has 3 N–H and O–H groups in total. The van der Waals surface area contributed by atoms with E-state index in [1.54, 1.807) is 0 Å². The fraction of sp³-hybridized carbons (Fsp3) is 0. The van der Waals surface area contributed by atoms with Gasteiger partial charge in [-0.25, -0.2) is 4.21 Å². The van der Waals surface area contributed by atoms with E-state index in [2.05, 4.69) is 4.72 Å². The molecule has 0 aromatic heterocycles. The molecule has 0 aliphatic rings. The van der Waals surface area contributed by atoms with Crippen molar-refractivity contribution in [1.82, 2.24) is 0 Å². The largest absolute Gasteiger partial charge is 0.506 e. The predicted octanol–water partition coefficient (Wildman–Crippen LogP) is 0.812. The van der Waals surface area contributed by atoms with Crippen LogP contribution in [0.1, 0.15) is 5.56 Å². The molecule has 0 aliphatic heterocycles. The molecule has 1 aromatic carbocycles. The number of benzene rings is 1. The fourth-order valence-electron chi connectivity index (χ4n) is 0.782. The van der Waals surface area contributed by atoms with Gasteiger partial charge in [0.25, 0.3) is 11.3 Å². The molecule has 1 unspecified atom stereocenters. The Kier molecular flexibility index (Phi) is 2.84. The molecule has 0 bridgehead atoms. The van der Waals surface area contributed by atoms with Crippen LogP contribution in [-0.2, 0) is 11.3 Å². The molecule has 6 heteroatoms. The zero-order valence-electron chi connectivity index (χ0n) is 6.39. The second-order valence-electron chi connectivity index (χ2n) is 2.19. The molecule has 0 amide bonds. The van der Waals surface area contributed by atoms with Gasteiger partial charge in [-0.1, -0.05) is 0 Å². The Morgan fingerprint density at radius 3 is 2.69 bits per heavy atom. The van der Waals surface area contributed by atoms with Gasteiger partial charge in [-0.05, 0) is 18.2 Å². The smallest absolute Gasteiger partial charge is 0.259 e.